The van der Waals surface area contributed by atoms with Crippen molar-refractivity contribution in [3.8, 4) is 0 Å². The van der Waals surface area contributed by atoms with Crippen LogP contribution in [-0.2, 0) is 6.18 Å². The summed E-state index contributed by atoms with van der Waals surface area (Å²) in [5, 5.41) is 10.9. The minimum atomic E-state index is -4.72. The Bertz CT molecular complexity index is 842. The van der Waals surface area contributed by atoms with Gasteiger partial charge in [-0.2, -0.15) is 30.9 Å². The predicted molar refractivity (Wildman–Crippen MR) is 84.6 cm³/mol. The molecule has 3 heterocycles. The second kappa shape index (κ2) is 6.50. The third-order valence-electron chi connectivity index (χ3n) is 4.77. The average molecular weight is 396 g/mol. The van der Waals surface area contributed by atoms with E-state index in [1.807, 2.05) is 0 Å². The number of halogens is 6. The number of aryl methyl sites for hydroxylation is 1. The van der Waals surface area contributed by atoms with Gasteiger partial charge in [-0.05, 0) is 20.8 Å². The lowest BCUT2D eigenvalue weighted by atomic mass is 10.1. The first kappa shape index (κ1) is 19.6. The number of anilines is 1. The van der Waals surface area contributed by atoms with Crippen LogP contribution in [0.25, 0.3) is 5.65 Å². The predicted octanol–water partition coefficient (Wildman–Crippen LogP) is 2.83. The van der Waals surface area contributed by atoms with E-state index in [1.54, 1.807) is 25.7 Å². The summed E-state index contributed by atoms with van der Waals surface area (Å²) in [6.07, 6.45) is -9.02. The molecule has 150 valence electrons. The Morgan fingerprint density at radius 1 is 1.00 bits per heavy atom. The molecule has 0 N–H and O–H groups in total. The fourth-order valence-corrected chi connectivity index (χ4v) is 3.24. The maximum absolute atomic E-state index is 13.1. The summed E-state index contributed by atoms with van der Waals surface area (Å²) in [5.41, 5.74) is 1.13. The molecule has 3 rings (SSSR count). The first-order valence-electron chi connectivity index (χ1n) is 8.24. The molecule has 2 aromatic heterocycles. The molecule has 1 unspecified atom stereocenters. The molecule has 0 aromatic carbocycles. The minimum Gasteiger partial charge on any atom is -0.352 e. The van der Waals surface area contributed by atoms with Crippen molar-refractivity contribution in [2.45, 2.75) is 39.2 Å². The molecular weight excluding hydrogens is 378 g/mol. The molecule has 12 heteroatoms. The molecule has 0 spiro atoms. The lowest BCUT2D eigenvalue weighted by molar-refractivity contribution is -0.151. The van der Waals surface area contributed by atoms with Crippen LogP contribution in [0.15, 0.2) is 0 Å². The molecule has 0 amide bonds. The molecule has 0 saturated carbocycles. The maximum Gasteiger partial charge on any atom is 0.453 e. The highest BCUT2D eigenvalue weighted by Crippen LogP contribution is 2.31. The molecule has 27 heavy (non-hydrogen) atoms. The van der Waals surface area contributed by atoms with Gasteiger partial charge in [0.25, 0.3) is 5.82 Å². The van der Waals surface area contributed by atoms with Crippen LogP contribution in [0.3, 0.4) is 0 Å². The van der Waals surface area contributed by atoms with Crippen LogP contribution in [0.1, 0.15) is 23.9 Å². The van der Waals surface area contributed by atoms with E-state index in [2.05, 4.69) is 15.3 Å². The highest BCUT2D eigenvalue weighted by Gasteiger charge is 2.39. The van der Waals surface area contributed by atoms with Crippen molar-refractivity contribution >= 4 is 11.5 Å². The van der Waals surface area contributed by atoms with E-state index in [0.29, 0.717) is 21.5 Å². The van der Waals surface area contributed by atoms with Crippen molar-refractivity contribution in [2.24, 2.45) is 0 Å². The lowest BCUT2D eigenvalue weighted by Crippen LogP contribution is -2.54. The number of piperazine rings is 1. The molecular formula is C15H18F6N6. The fraction of sp³-hybridized carbons (Fsp3) is 0.667. The lowest BCUT2D eigenvalue weighted by Gasteiger charge is -2.41. The van der Waals surface area contributed by atoms with Gasteiger partial charge in [0, 0.05) is 36.8 Å². The van der Waals surface area contributed by atoms with Gasteiger partial charge in [0.15, 0.2) is 11.5 Å². The van der Waals surface area contributed by atoms with Gasteiger partial charge in [-0.1, -0.05) is 0 Å². The van der Waals surface area contributed by atoms with Gasteiger partial charge in [0.1, 0.15) is 0 Å². The summed E-state index contributed by atoms with van der Waals surface area (Å²) in [7, 11) is 0. The van der Waals surface area contributed by atoms with Crippen molar-refractivity contribution in [2.75, 3.05) is 31.1 Å². The van der Waals surface area contributed by atoms with E-state index in [-0.39, 0.29) is 25.3 Å². The van der Waals surface area contributed by atoms with Crippen molar-refractivity contribution < 1.29 is 26.3 Å². The van der Waals surface area contributed by atoms with Crippen molar-refractivity contribution in [1.29, 1.82) is 0 Å². The number of aromatic nitrogens is 4. The van der Waals surface area contributed by atoms with Gasteiger partial charge < -0.3 is 4.90 Å². The largest absolute Gasteiger partial charge is 0.453 e. The zero-order valence-electron chi connectivity index (χ0n) is 14.9. The summed E-state index contributed by atoms with van der Waals surface area (Å²) in [6, 6.07) is -0.430. The fourth-order valence-electron chi connectivity index (χ4n) is 3.24. The van der Waals surface area contributed by atoms with Crippen LogP contribution in [-0.4, -0.2) is 63.1 Å². The van der Waals surface area contributed by atoms with Gasteiger partial charge in [0.05, 0.1) is 6.54 Å². The number of nitrogens with zero attached hydrogens (tertiary/aromatic N) is 6. The number of hydrogen-bond acceptors (Lipinski definition) is 5. The summed E-state index contributed by atoms with van der Waals surface area (Å²) in [5.74, 6) is -0.936. The molecule has 0 aliphatic carbocycles. The smallest absolute Gasteiger partial charge is 0.352 e. The molecule has 1 aliphatic heterocycles. The Morgan fingerprint density at radius 3 is 2.22 bits per heavy atom. The molecule has 1 fully saturated rings. The SMILES string of the molecule is Cc1c(N2CCN(CC(F)(F)F)C(C)C2)nn2c(C(F)(F)F)nnc2c1C. The van der Waals surface area contributed by atoms with Crippen molar-refractivity contribution in [3.63, 3.8) is 0 Å². The Labute approximate surface area is 150 Å². The van der Waals surface area contributed by atoms with Gasteiger partial charge in [-0.3, -0.25) is 4.90 Å². The third-order valence-corrected chi connectivity index (χ3v) is 4.77. The van der Waals surface area contributed by atoms with Crippen LogP contribution < -0.4 is 4.90 Å². The molecule has 2 aromatic rings. The highest BCUT2D eigenvalue weighted by atomic mass is 19.4. The third kappa shape index (κ3) is 3.80. The Hall–Kier alpha value is -2.11. The van der Waals surface area contributed by atoms with Crippen molar-refractivity contribution in [1.82, 2.24) is 24.7 Å². The van der Waals surface area contributed by atoms with E-state index >= 15 is 0 Å². The summed E-state index contributed by atoms with van der Waals surface area (Å²) in [6.45, 7) is 4.53. The molecule has 1 atom stereocenters. The van der Waals surface area contributed by atoms with Gasteiger partial charge in [-0.25, -0.2) is 0 Å². The summed E-state index contributed by atoms with van der Waals surface area (Å²) < 4.78 is 78.0. The second-order valence-corrected chi connectivity index (χ2v) is 6.71. The molecule has 1 saturated heterocycles. The highest BCUT2D eigenvalue weighted by molar-refractivity contribution is 5.59. The molecule has 0 radical (unpaired) electrons. The Balaban J connectivity index is 1.94. The molecule has 0 bridgehead atoms. The molecule has 6 nitrogen and oxygen atoms in total. The van der Waals surface area contributed by atoms with Gasteiger partial charge in [0.2, 0.25) is 0 Å². The van der Waals surface area contributed by atoms with E-state index < -0.39 is 30.8 Å². The first-order chi connectivity index (χ1) is 12.4. The quantitative estimate of drug-likeness (QED) is 0.731. The normalized spacial score (nSPS) is 19.9. The van der Waals surface area contributed by atoms with Crippen LogP contribution in [0.2, 0.25) is 0 Å². The Kier molecular flexibility index (Phi) is 4.73. The van der Waals surface area contributed by atoms with E-state index in [9.17, 15) is 26.3 Å². The maximum atomic E-state index is 13.1. The minimum absolute atomic E-state index is 0.00679. The van der Waals surface area contributed by atoms with E-state index in [4.69, 9.17) is 0 Å². The van der Waals surface area contributed by atoms with Gasteiger partial charge in [-0.15, -0.1) is 15.3 Å². The van der Waals surface area contributed by atoms with Crippen LogP contribution >= 0.6 is 0 Å². The first-order valence-corrected chi connectivity index (χ1v) is 8.24. The monoisotopic (exact) mass is 396 g/mol. The molecule has 1 aliphatic rings. The average Bonchev–Trinajstić information content (AvgIpc) is 2.96. The zero-order valence-corrected chi connectivity index (χ0v) is 14.9. The van der Waals surface area contributed by atoms with Crippen molar-refractivity contribution in [3.05, 3.63) is 17.0 Å². The zero-order chi connectivity index (χ0) is 20.1. The van der Waals surface area contributed by atoms with Gasteiger partial charge >= 0.3 is 12.4 Å². The number of hydrogen-bond donors (Lipinski definition) is 0. The number of rotatable bonds is 2. The standard InChI is InChI=1S/C15H18F6N6/c1-8-6-25(4-5-26(8)7-14(16,17)18)12-10(3)9(2)11-22-23-13(15(19,20)21)27(11)24-12/h8H,4-7H2,1-3H3. The number of fused-ring (bicyclic) bond motifs is 1. The number of alkyl halides is 6. The van der Waals surface area contributed by atoms with E-state index in [0.717, 1.165) is 0 Å². The second-order valence-electron chi connectivity index (χ2n) is 6.71. The topological polar surface area (TPSA) is 49.6 Å². The van der Waals surface area contributed by atoms with Crippen LogP contribution in [0, 0.1) is 13.8 Å². The summed E-state index contributed by atoms with van der Waals surface area (Å²) >= 11 is 0. The Morgan fingerprint density at radius 2 is 1.67 bits per heavy atom. The summed E-state index contributed by atoms with van der Waals surface area (Å²) in [4.78, 5) is 3.01. The van der Waals surface area contributed by atoms with Crippen LogP contribution in [0.5, 0.6) is 0 Å². The van der Waals surface area contributed by atoms with E-state index in [1.165, 1.54) is 4.90 Å². The van der Waals surface area contributed by atoms with Crippen LogP contribution in [0.4, 0.5) is 32.2 Å².